The highest BCUT2D eigenvalue weighted by molar-refractivity contribution is 6.30. The molecule has 1 N–H and O–H groups in total. The number of hydrogen-bond donors (Lipinski definition) is 1. The van der Waals surface area contributed by atoms with Crippen LogP contribution in [0.3, 0.4) is 0 Å². The fraction of sp³-hybridized carbons (Fsp3) is 0.316. The summed E-state index contributed by atoms with van der Waals surface area (Å²) in [7, 11) is 0. The minimum atomic E-state index is -0.154. The number of halogens is 1. The number of fused-ring (bicyclic) bond motifs is 1. The number of benzene rings is 2. The van der Waals surface area contributed by atoms with Crippen LogP contribution in [-0.4, -0.2) is 19.1 Å². The number of ether oxygens (including phenoxy) is 2. The van der Waals surface area contributed by atoms with Gasteiger partial charge < -0.3 is 14.8 Å². The minimum absolute atomic E-state index is 0.00965. The normalized spacial score (nSPS) is 16.0. The predicted molar refractivity (Wildman–Crippen MR) is 93.8 cm³/mol. The second-order valence-corrected chi connectivity index (χ2v) is 6.13. The van der Waals surface area contributed by atoms with Crippen LogP contribution < -0.4 is 14.8 Å². The van der Waals surface area contributed by atoms with Crippen LogP contribution in [0.2, 0.25) is 5.02 Å². The van der Waals surface area contributed by atoms with Crippen LogP contribution in [0.25, 0.3) is 0 Å². The summed E-state index contributed by atoms with van der Waals surface area (Å²) in [6, 6.07) is 13.1. The van der Waals surface area contributed by atoms with Gasteiger partial charge in [-0.25, -0.2) is 0 Å². The van der Waals surface area contributed by atoms with E-state index in [-0.39, 0.29) is 18.6 Å². The SMILES string of the molecule is CCc1ccccc1OCC(=O)NC1CCOc2ccc(Cl)cc21. The third-order valence-electron chi connectivity index (χ3n) is 4.06. The molecule has 0 aromatic heterocycles. The van der Waals surface area contributed by atoms with E-state index in [0.29, 0.717) is 18.1 Å². The lowest BCUT2D eigenvalue weighted by Crippen LogP contribution is -2.35. The number of para-hydroxylation sites is 1. The maximum absolute atomic E-state index is 12.3. The van der Waals surface area contributed by atoms with Crippen molar-refractivity contribution in [3.05, 3.63) is 58.6 Å². The van der Waals surface area contributed by atoms with Gasteiger partial charge in [0.15, 0.2) is 6.61 Å². The average Bonchev–Trinajstić information content (AvgIpc) is 2.60. The summed E-state index contributed by atoms with van der Waals surface area (Å²) < 4.78 is 11.3. The van der Waals surface area contributed by atoms with E-state index in [1.54, 1.807) is 6.07 Å². The van der Waals surface area contributed by atoms with E-state index in [0.717, 1.165) is 29.0 Å². The molecule has 1 amide bonds. The lowest BCUT2D eigenvalue weighted by atomic mass is 10.0. The number of hydrogen-bond acceptors (Lipinski definition) is 3. The molecule has 1 heterocycles. The maximum atomic E-state index is 12.3. The van der Waals surface area contributed by atoms with Crippen molar-refractivity contribution in [1.82, 2.24) is 5.32 Å². The van der Waals surface area contributed by atoms with E-state index in [9.17, 15) is 4.79 Å². The van der Waals surface area contributed by atoms with Gasteiger partial charge in [-0.05, 0) is 36.2 Å². The van der Waals surface area contributed by atoms with Gasteiger partial charge in [-0.15, -0.1) is 0 Å². The van der Waals surface area contributed by atoms with Crippen LogP contribution in [0.5, 0.6) is 11.5 Å². The number of nitrogens with one attached hydrogen (secondary N) is 1. The van der Waals surface area contributed by atoms with Crippen LogP contribution in [0.15, 0.2) is 42.5 Å². The van der Waals surface area contributed by atoms with Crippen molar-refractivity contribution in [2.75, 3.05) is 13.2 Å². The monoisotopic (exact) mass is 345 g/mol. The number of carbonyl (C=O) groups excluding carboxylic acids is 1. The van der Waals surface area contributed by atoms with Gasteiger partial charge in [-0.1, -0.05) is 36.7 Å². The van der Waals surface area contributed by atoms with Gasteiger partial charge in [0, 0.05) is 17.0 Å². The lowest BCUT2D eigenvalue weighted by Gasteiger charge is -2.27. The van der Waals surface area contributed by atoms with Crippen LogP contribution in [-0.2, 0) is 11.2 Å². The van der Waals surface area contributed by atoms with E-state index in [4.69, 9.17) is 21.1 Å². The zero-order chi connectivity index (χ0) is 16.9. The van der Waals surface area contributed by atoms with Crippen molar-refractivity contribution < 1.29 is 14.3 Å². The Morgan fingerprint density at radius 1 is 1.33 bits per heavy atom. The van der Waals surface area contributed by atoms with Crippen molar-refractivity contribution in [3.8, 4) is 11.5 Å². The Morgan fingerprint density at radius 3 is 3.00 bits per heavy atom. The van der Waals surface area contributed by atoms with E-state index >= 15 is 0 Å². The topological polar surface area (TPSA) is 47.6 Å². The highest BCUT2D eigenvalue weighted by Crippen LogP contribution is 2.33. The first-order valence-corrected chi connectivity index (χ1v) is 8.47. The minimum Gasteiger partial charge on any atom is -0.493 e. The maximum Gasteiger partial charge on any atom is 0.258 e. The summed E-state index contributed by atoms with van der Waals surface area (Å²) in [5.41, 5.74) is 2.00. The van der Waals surface area contributed by atoms with Crippen molar-refractivity contribution >= 4 is 17.5 Å². The van der Waals surface area contributed by atoms with Crippen molar-refractivity contribution in [3.63, 3.8) is 0 Å². The summed E-state index contributed by atoms with van der Waals surface area (Å²) in [5, 5.41) is 3.64. The summed E-state index contributed by atoms with van der Waals surface area (Å²) in [6.07, 6.45) is 1.58. The highest BCUT2D eigenvalue weighted by Gasteiger charge is 2.23. The molecule has 1 aliphatic rings. The Morgan fingerprint density at radius 2 is 2.17 bits per heavy atom. The first-order valence-electron chi connectivity index (χ1n) is 8.09. The lowest BCUT2D eigenvalue weighted by molar-refractivity contribution is -0.124. The molecule has 126 valence electrons. The smallest absolute Gasteiger partial charge is 0.258 e. The number of aryl methyl sites for hydroxylation is 1. The molecule has 0 saturated carbocycles. The molecule has 0 spiro atoms. The van der Waals surface area contributed by atoms with Crippen LogP contribution in [0.4, 0.5) is 0 Å². The molecule has 0 radical (unpaired) electrons. The highest BCUT2D eigenvalue weighted by atomic mass is 35.5. The van der Waals surface area contributed by atoms with E-state index in [1.165, 1.54) is 0 Å². The fourth-order valence-corrected chi connectivity index (χ4v) is 3.01. The van der Waals surface area contributed by atoms with Gasteiger partial charge in [-0.2, -0.15) is 0 Å². The van der Waals surface area contributed by atoms with Crippen LogP contribution in [0, 0.1) is 0 Å². The molecule has 5 heteroatoms. The first-order chi connectivity index (χ1) is 11.7. The average molecular weight is 346 g/mol. The molecular weight excluding hydrogens is 326 g/mol. The molecule has 1 aliphatic heterocycles. The molecule has 0 aliphatic carbocycles. The van der Waals surface area contributed by atoms with Crippen molar-refractivity contribution in [1.29, 1.82) is 0 Å². The van der Waals surface area contributed by atoms with Gasteiger partial charge >= 0.3 is 0 Å². The standard InChI is InChI=1S/C19H20ClNO3/c1-2-13-5-3-4-6-17(13)24-12-19(22)21-16-9-10-23-18-8-7-14(20)11-15(16)18/h3-8,11,16H,2,9-10,12H2,1H3,(H,21,22). The van der Waals surface area contributed by atoms with Gasteiger partial charge in [-0.3, -0.25) is 4.79 Å². The first kappa shape index (κ1) is 16.7. The number of rotatable bonds is 5. The predicted octanol–water partition coefficient (Wildman–Crippen LogP) is 3.92. The molecule has 0 bridgehead atoms. The van der Waals surface area contributed by atoms with Crippen molar-refractivity contribution in [2.24, 2.45) is 0 Å². The Balaban J connectivity index is 1.63. The number of carbonyl (C=O) groups is 1. The Kier molecular flexibility index (Phi) is 5.26. The van der Waals surface area contributed by atoms with Gasteiger partial charge in [0.2, 0.25) is 0 Å². The molecule has 1 atom stereocenters. The summed E-state index contributed by atoms with van der Waals surface area (Å²) in [6.45, 7) is 2.62. The zero-order valence-electron chi connectivity index (χ0n) is 13.5. The van der Waals surface area contributed by atoms with Crippen LogP contribution in [0.1, 0.15) is 30.5 Å². The van der Waals surface area contributed by atoms with E-state index < -0.39 is 0 Å². The number of amides is 1. The summed E-state index contributed by atoms with van der Waals surface area (Å²) in [5.74, 6) is 1.37. The molecule has 24 heavy (non-hydrogen) atoms. The third-order valence-corrected chi connectivity index (χ3v) is 4.29. The molecule has 0 saturated heterocycles. The second-order valence-electron chi connectivity index (χ2n) is 5.69. The Bertz CT molecular complexity index is 732. The molecule has 3 rings (SSSR count). The molecule has 1 unspecified atom stereocenters. The fourth-order valence-electron chi connectivity index (χ4n) is 2.83. The molecular formula is C19H20ClNO3. The Labute approximate surface area is 146 Å². The summed E-state index contributed by atoms with van der Waals surface area (Å²) in [4.78, 5) is 12.3. The largest absolute Gasteiger partial charge is 0.493 e. The Hall–Kier alpha value is -2.20. The molecule has 2 aromatic carbocycles. The van der Waals surface area contributed by atoms with Crippen molar-refractivity contribution in [2.45, 2.75) is 25.8 Å². The van der Waals surface area contributed by atoms with Gasteiger partial charge in [0.1, 0.15) is 11.5 Å². The second kappa shape index (κ2) is 7.58. The van der Waals surface area contributed by atoms with Gasteiger partial charge in [0.25, 0.3) is 5.91 Å². The third kappa shape index (κ3) is 3.82. The molecule has 4 nitrogen and oxygen atoms in total. The zero-order valence-corrected chi connectivity index (χ0v) is 14.3. The van der Waals surface area contributed by atoms with E-state index in [2.05, 4.69) is 12.2 Å². The molecule has 2 aromatic rings. The summed E-state index contributed by atoms with van der Waals surface area (Å²) >= 11 is 6.06. The quantitative estimate of drug-likeness (QED) is 0.893. The van der Waals surface area contributed by atoms with Crippen LogP contribution >= 0.6 is 11.6 Å². The van der Waals surface area contributed by atoms with Gasteiger partial charge in [0.05, 0.1) is 12.6 Å². The van der Waals surface area contributed by atoms with E-state index in [1.807, 2.05) is 36.4 Å². The molecule has 0 fully saturated rings.